The standard InChI is InChI=1S/C15H24N4O3/c1-4-15(21)22-19-10-8-16-13(19)5-6-14(20)18-9-7-12(11-18)17(2)3/h8,10,12H,4-7,9,11H2,1-3H3/t12-/m0/s1. The average Bonchev–Trinajstić information content (AvgIpc) is 3.14. The topological polar surface area (TPSA) is 67.7 Å². The van der Waals surface area contributed by atoms with Crippen LogP contribution in [0.5, 0.6) is 0 Å². The third kappa shape index (κ3) is 4.07. The molecule has 2 heterocycles. The van der Waals surface area contributed by atoms with Crippen molar-refractivity contribution in [2.75, 3.05) is 27.2 Å². The molecule has 0 saturated carbocycles. The molecule has 0 unspecified atom stereocenters. The highest BCUT2D eigenvalue weighted by molar-refractivity contribution is 5.76. The van der Waals surface area contributed by atoms with Crippen LogP contribution in [-0.2, 0) is 16.0 Å². The first-order chi connectivity index (χ1) is 10.5. The Morgan fingerprint density at radius 3 is 2.86 bits per heavy atom. The molecule has 1 aromatic rings. The molecular formula is C15H24N4O3. The molecule has 2 rings (SSSR count). The lowest BCUT2D eigenvalue weighted by Crippen LogP contribution is -2.34. The fraction of sp³-hybridized carbons (Fsp3) is 0.667. The molecule has 1 saturated heterocycles. The fourth-order valence-electron chi connectivity index (χ4n) is 2.52. The molecule has 1 aliphatic heterocycles. The highest BCUT2D eigenvalue weighted by Crippen LogP contribution is 2.15. The van der Waals surface area contributed by atoms with Gasteiger partial charge in [0.15, 0.2) is 0 Å². The van der Waals surface area contributed by atoms with E-state index in [9.17, 15) is 9.59 Å². The Hall–Kier alpha value is -1.89. The Bertz CT molecular complexity index is 527. The second-order valence-electron chi connectivity index (χ2n) is 5.73. The summed E-state index contributed by atoms with van der Waals surface area (Å²) in [7, 11) is 4.08. The fourth-order valence-corrected chi connectivity index (χ4v) is 2.52. The third-order valence-electron chi connectivity index (χ3n) is 3.98. The molecule has 122 valence electrons. The van der Waals surface area contributed by atoms with Gasteiger partial charge in [-0.15, -0.1) is 0 Å². The number of aromatic nitrogens is 2. The number of likely N-dealkylation sites (tertiary alicyclic amines) is 1. The zero-order chi connectivity index (χ0) is 16.1. The van der Waals surface area contributed by atoms with Gasteiger partial charge in [-0.2, -0.15) is 4.73 Å². The van der Waals surface area contributed by atoms with E-state index in [1.54, 1.807) is 19.3 Å². The zero-order valence-corrected chi connectivity index (χ0v) is 13.5. The van der Waals surface area contributed by atoms with Crippen LogP contribution in [0.15, 0.2) is 12.4 Å². The number of carbonyl (C=O) groups excluding carboxylic acids is 2. The second-order valence-corrected chi connectivity index (χ2v) is 5.73. The van der Waals surface area contributed by atoms with Gasteiger partial charge in [-0.1, -0.05) is 6.92 Å². The van der Waals surface area contributed by atoms with E-state index in [0.29, 0.717) is 31.1 Å². The molecule has 0 radical (unpaired) electrons. The van der Waals surface area contributed by atoms with Crippen molar-refractivity contribution in [1.29, 1.82) is 0 Å². The van der Waals surface area contributed by atoms with E-state index in [2.05, 4.69) is 9.88 Å². The van der Waals surface area contributed by atoms with E-state index in [0.717, 1.165) is 19.5 Å². The number of carbonyl (C=O) groups is 2. The third-order valence-corrected chi connectivity index (χ3v) is 3.98. The predicted octanol–water partition coefficient (Wildman–Crippen LogP) is 0.343. The monoisotopic (exact) mass is 308 g/mol. The highest BCUT2D eigenvalue weighted by atomic mass is 16.7. The summed E-state index contributed by atoms with van der Waals surface area (Å²) in [5.74, 6) is 0.401. The number of amides is 1. The van der Waals surface area contributed by atoms with Gasteiger partial charge >= 0.3 is 5.97 Å². The normalized spacial score (nSPS) is 18.0. The van der Waals surface area contributed by atoms with Crippen LogP contribution in [0.25, 0.3) is 0 Å². The van der Waals surface area contributed by atoms with Gasteiger partial charge < -0.3 is 14.6 Å². The largest absolute Gasteiger partial charge is 0.341 e. The van der Waals surface area contributed by atoms with Gasteiger partial charge in [-0.05, 0) is 20.5 Å². The minimum absolute atomic E-state index is 0.126. The minimum Gasteiger partial charge on any atom is -0.341 e. The number of aryl methyl sites for hydroxylation is 1. The first kappa shape index (κ1) is 16.5. The minimum atomic E-state index is -0.320. The summed E-state index contributed by atoms with van der Waals surface area (Å²) in [6, 6.07) is 0.441. The van der Waals surface area contributed by atoms with Crippen LogP contribution in [0, 0.1) is 0 Å². The molecule has 1 aromatic heterocycles. The SMILES string of the molecule is CCC(=O)On1ccnc1CCC(=O)N1CC[C@H](N(C)C)C1. The van der Waals surface area contributed by atoms with Crippen molar-refractivity contribution in [3.63, 3.8) is 0 Å². The Morgan fingerprint density at radius 2 is 2.23 bits per heavy atom. The van der Waals surface area contributed by atoms with Crippen molar-refractivity contribution in [1.82, 2.24) is 19.5 Å². The first-order valence-corrected chi connectivity index (χ1v) is 7.68. The quantitative estimate of drug-likeness (QED) is 0.758. The van der Waals surface area contributed by atoms with Crippen molar-refractivity contribution < 1.29 is 14.4 Å². The lowest BCUT2D eigenvalue weighted by atomic mass is 10.2. The molecular weight excluding hydrogens is 284 g/mol. The average molecular weight is 308 g/mol. The van der Waals surface area contributed by atoms with Crippen LogP contribution < -0.4 is 4.84 Å². The van der Waals surface area contributed by atoms with Crippen molar-refractivity contribution in [3.8, 4) is 0 Å². The summed E-state index contributed by atoms with van der Waals surface area (Å²) in [6.45, 7) is 3.32. The maximum absolute atomic E-state index is 12.3. The molecule has 0 spiro atoms. The van der Waals surface area contributed by atoms with Gasteiger partial charge in [-0.3, -0.25) is 4.79 Å². The summed E-state index contributed by atoms with van der Waals surface area (Å²) in [5.41, 5.74) is 0. The summed E-state index contributed by atoms with van der Waals surface area (Å²) in [5, 5.41) is 0. The van der Waals surface area contributed by atoms with Gasteiger partial charge in [0.2, 0.25) is 5.91 Å². The Kier molecular flexibility index (Phi) is 5.54. The molecule has 22 heavy (non-hydrogen) atoms. The van der Waals surface area contributed by atoms with Gasteiger partial charge in [-0.25, -0.2) is 9.78 Å². The lowest BCUT2D eigenvalue weighted by Gasteiger charge is -2.20. The van der Waals surface area contributed by atoms with E-state index in [-0.39, 0.29) is 11.9 Å². The maximum Gasteiger partial charge on any atom is 0.332 e. The van der Waals surface area contributed by atoms with Gasteiger partial charge in [0.1, 0.15) is 5.82 Å². The molecule has 0 aromatic carbocycles. The lowest BCUT2D eigenvalue weighted by molar-refractivity contribution is -0.144. The predicted molar refractivity (Wildman–Crippen MR) is 81.1 cm³/mol. The van der Waals surface area contributed by atoms with Crippen LogP contribution in [-0.4, -0.2) is 64.6 Å². The van der Waals surface area contributed by atoms with Gasteiger partial charge in [0.05, 0.1) is 6.20 Å². The van der Waals surface area contributed by atoms with Crippen molar-refractivity contribution >= 4 is 11.9 Å². The zero-order valence-electron chi connectivity index (χ0n) is 13.5. The van der Waals surface area contributed by atoms with E-state index in [1.807, 2.05) is 19.0 Å². The number of hydrogen-bond donors (Lipinski definition) is 0. The number of nitrogens with zero attached hydrogens (tertiary/aromatic N) is 4. The number of likely N-dealkylation sites (N-methyl/N-ethyl adjacent to an activating group) is 1. The molecule has 1 fully saturated rings. The number of rotatable bonds is 6. The van der Waals surface area contributed by atoms with Crippen LogP contribution in [0.1, 0.15) is 32.0 Å². The van der Waals surface area contributed by atoms with E-state index in [4.69, 9.17) is 4.84 Å². The Balaban J connectivity index is 1.84. The van der Waals surface area contributed by atoms with E-state index < -0.39 is 0 Å². The number of imidazole rings is 1. The van der Waals surface area contributed by atoms with Crippen LogP contribution >= 0.6 is 0 Å². The van der Waals surface area contributed by atoms with E-state index >= 15 is 0 Å². The molecule has 0 bridgehead atoms. The van der Waals surface area contributed by atoms with E-state index in [1.165, 1.54) is 4.73 Å². The van der Waals surface area contributed by atoms with Gasteiger partial charge in [0.25, 0.3) is 0 Å². The summed E-state index contributed by atoms with van der Waals surface area (Å²) >= 11 is 0. The summed E-state index contributed by atoms with van der Waals surface area (Å²) < 4.78 is 1.35. The molecule has 7 nitrogen and oxygen atoms in total. The first-order valence-electron chi connectivity index (χ1n) is 7.68. The van der Waals surface area contributed by atoms with Crippen LogP contribution in [0.4, 0.5) is 0 Å². The molecule has 1 amide bonds. The number of hydrogen-bond acceptors (Lipinski definition) is 5. The maximum atomic E-state index is 12.3. The highest BCUT2D eigenvalue weighted by Gasteiger charge is 2.27. The molecule has 0 aliphatic carbocycles. The molecule has 1 aliphatic rings. The summed E-state index contributed by atoms with van der Waals surface area (Å²) in [4.78, 5) is 36.9. The Morgan fingerprint density at radius 1 is 1.45 bits per heavy atom. The van der Waals surface area contributed by atoms with Crippen LogP contribution in [0.3, 0.4) is 0 Å². The molecule has 0 N–H and O–H groups in total. The summed E-state index contributed by atoms with van der Waals surface area (Å²) in [6.07, 6.45) is 5.32. The van der Waals surface area contributed by atoms with Crippen LogP contribution in [0.2, 0.25) is 0 Å². The van der Waals surface area contributed by atoms with Crippen molar-refractivity contribution in [3.05, 3.63) is 18.2 Å². The Labute approximate surface area is 130 Å². The van der Waals surface area contributed by atoms with Gasteiger partial charge in [0, 0.05) is 44.6 Å². The smallest absolute Gasteiger partial charge is 0.332 e. The second kappa shape index (κ2) is 7.40. The van der Waals surface area contributed by atoms with Crippen molar-refractivity contribution in [2.45, 2.75) is 38.6 Å². The molecule has 7 heteroatoms. The van der Waals surface area contributed by atoms with Crippen molar-refractivity contribution in [2.24, 2.45) is 0 Å². The molecule has 1 atom stereocenters.